The highest BCUT2D eigenvalue weighted by atomic mass is 16.3. The van der Waals surface area contributed by atoms with Crippen LogP contribution in [0.15, 0.2) is 59.7 Å². The number of hydrogen-bond acceptors (Lipinski definition) is 6. The average Bonchev–Trinajstić information content (AvgIpc) is 3.21. The highest BCUT2D eigenvalue weighted by Crippen LogP contribution is 2.25. The number of nitrogen functional groups attached to an aromatic ring is 1. The number of aliphatic hydroxyl groups excluding tert-OH is 1. The summed E-state index contributed by atoms with van der Waals surface area (Å²) < 4.78 is 3.45. The number of hydrogen-bond donors (Lipinski definition) is 2. The summed E-state index contributed by atoms with van der Waals surface area (Å²) in [5.74, 6) is 5.85. The highest BCUT2D eigenvalue weighted by Gasteiger charge is 2.19. The van der Waals surface area contributed by atoms with Crippen LogP contribution in [-0.4, -0.2) is 35.5 Å². The summed E-state index contributed by atoms with van der Waals surface area (Å²) in [7, 11) is 0. The van der Waals surface area contributed by atoms with E-state index >= 15 is 0 Å². The third kappa shape index (κ3) is 4.00. The Balaban J connectivity index is 1.79. The van der Waals surface area contributed by atoms with Gasteiger partial charge in [-0.25, -0.2) is 14.6 Å². The molecule has 0 amide bonds. The number of para-hydroxylation sites is 1. The van der Waals surface area contributed by atoms with Crippen LogP contribution in [0.25, 0.3) is 27.5 Å². The van der Waals surface area contributed by atoms with Gasteiger partial charge in [0.1, 0.15) is 23.9 Å². The molecule has 2 aromatic carbocycles. The second-order valence-corrected chi connectivity index (χ2v) is 8.71. The second kappa shape index (κ2) is 9.29. The lowest BCUT2D eigenvalue weighted by molar-refractivity contribution is 0.253. The van der Waals surface area contributed by atoms with Crippen LogP contribution in [0, 0.1) is 18.8 Å². The molecule has 0 aliphatic heterocycles. The quantitative estimate of drug-likeness (QED) is 0.383. The van der Waals surface area contributed by atoms with Crippen molar-refractivity contribution < 1.29 is 5.11 Å². The van der Waals surface area contributed by atoms with Crippen LogP contribution < -0.4 is 11.3 Å². The molecule has 36 heavy (non-hydrogen) atoms. The molecule has 0 aliphatic carbocycles. The molecule has 8 heteroatoms. The van der Waals surface area contributed by atoms with Crippen molar-refractivity contribution in [1.82, 2.24) is 24.3 Å². The molecule has 8 nitrogen and oxygen atoms in total. The van der Waals surface area contributed by atoms with E-state index in [0.717, 1.165) is 34.3 Å². The van der Waals surface area contributed by atoms with Gasteiger partial charge in [-0.15, -0.1) is 0 Å². The Hall–Kier alpha value is -4.48. The van der Waals surface area contributed by atoms with Crippen LogP contribution in [-0.2, 0) is 13.0 Å². The Kier molecular flexibility index (Phi) is 6.00. The van der Waals surface area contributed by atoms with Gasteiger partial charge < -0.3 is 10.8 Å². The highest BCUT2D eigenvalue weighted by molar-refractivity contribution is 5.90. The topological polar surface area (TPSA) is 112 Å². The summed E-state index contributed by atoms with van der Waals surface area (Å²) in [6, 6.07) is 15.8. The standard InChI is InChI=1S/C28H26N6O2/c1-4-19-9-5-6-11-23(19)34-21(14-20-10-7-8-17(2)24(20)28(34)36)15-33-27-25(26(29)30-16-31-27)22(32-33)13-12-18(3)35/h5-11,14,16,18,35H,4,15H2,1-3H3,(H2,29,30,31)/t18-/m1/s1. The number of pyridine rings is 1. The lowest BCUT2D eigenvalue weighted by atomic mass is 10.0. The van der Waals surface area contributed by atoms with Gasteiger partial charge in [0.2, 0.25) is 0 Å². The minimum Gasteiger partial charge on any atom is -0.383 e. The fourth-order valence-electron chi connectivity index (χ4n) is 4.55. The Labute approximate surface area is 208 Å². The average molecular weight is 479 g/mol. The molecule has 180 valence electrons. The number of fused-ring (bicyclic) bond motifs is 2. The first kappa shape index (κ1) is 23.3. The molecular weight excluding hydrogens is 452 g/mol. The minimum atomic E-state index is -0.824. The van der Waals surface area contributed by atoms with Crippen LogP contribution >= 0.6 is 0 Å². The van der Waals surface area contributed by atoms with Gasteiger partial charge in [0, 0.05) is 5.69 Å². The van der Waals surface area contributed by atoms with Gasteiger partial charge in [-0.05, 0) is 54.8 Å². The van der Waals surface area contributed by atoms with Crippen molar-refractivity contribution in [3.63, 3.8) is 0 Å². The SMILES string of the molecule is CCc1ccccc1-n1c(Cn2nc(C#C[C@@H](C)O)c3c(N)ncnc32)cc2cccc(C)c2c1=O. The lowest BCUT2D eigenvalue weighted by Gasteiger charge is -2.18. The molecular formula is C28H26N6O2. The van der Waals surface area contributed by atoms with Crippen LogP contribution in [0.4, 0.5) is 5.82 Å². The summed E-state index contributed by atoms with van der Waals surface area (Å²) >= 11 is 0. The number of anilines is 1. The zero-order chi connectivity index (χ0) is 25.4. The van der Waals surface area contributed by atoms with E-state index < -0.39 is 6.10 Å². The van der Waals surface area contributed by atoms with E-state index in [9.17, 15) is 9.90 Å². The van der Waals surface area contributed by atoms with Crippen LogP contribution in [0.2, 0.25) is 0 Å². The lowest BCUT2D eigenvalue weighted by Crippen LogP contribution is -2.25. The molecule has 0 aliphatic rings. The van der Waals surface area contributed by atoms with Crippen LogP contribution in [0.3, 0.4) is 0 Å². The molecule has 0 radical (unpaired) electrons. The van der Waals surface area contributed by atoms with Crippen molar-refractivity contribution >= 4 is 27.6 Å². The Morgan fingerprint density at radius 2 is 1.92 bits per heavy atom. The summed E-state index contributed by atoms with van der Waals surface area (Å²) in [4.78, 5) is 22.5. The second-order valence-electron chi connectivity index (χ2n) is 8.71. The normalized spacial score (nSPS) is 12.0. The first-order valence-electron chi connectivity index (χ1n) is 11.8. The van der Waals surface area contributed by atoms with Gasteiger partial charge in [-0.1, -0.05) is 49.2 Å². The monoisotopic (exact) mass is 478 g/mol. The summed E-state index contributed by atoms with van der Waals surface area (Å²) in [5, 5.41) is 16.4. The maximum absolute atomic E-state index is 14.0. The predicted octanol–water partition coefficient (Wildman–Crippen LogP) is 3.36. The minimum absolute atomic E-state index is 0.0822. The molecule has 3 aromatic heterocycles. The smallest absolute Gasteiger partial charge is 0.263 e. The zero-order valence-corrected chi connectivity index (χ0v) is 20.4. The molecule has 5 aromatic rings. The summed E-state index contributed by atoms with van der Waals surface area (Å²) in [6.07, 6.45) is 1.34. The number of aryl methyl sites for hydroxylation is 2. The van der Waals surface area contributed by atoms with E-state index in [0.29, 0.717) is 22.1 Å². The molecule has 0 saturated heterocycles. The molecule has 3 N–H and O–H groups in total. The summed E-state index contributed by atoms with van der Waals surface area (Å²) in [6.45, 7) is 5.85. The molecule has 0 bridgehead atoms. The van der Waals surface area contributed by atoms with Crippen molar-refractivity contribution in [2.75, 3.05) is 5.73 Å². The largest absolute Gasteiger partial charge is 0.383 e. The van der Waals surface area contributed by atoms with E-state index in [4.69, 9.17) is 5.73 Å². The molecule has 1 atom stereocenters. The van der Waals surface area contributed by atoms with Crippen molar-refractivity contribution in [3.8, 4) is 17.5 Å². The third-order valence-electron chi connectivity index (χ3n) is 6.21. The van der Waals surface area contributed by atoms with Crippen LogP contribution in [0.1, 0.15) is 36.4 Å². The maximum Gasteiger partial charge on any atom is 0.263 e. The van der Waals surface area contributed by atoms with Gasteiger partial charge in [0.15, 0.2) is 5.65 Å². The first-order chi connectivity index (χ1) is 17.4. The summed E-state index contributed by atoms with van der Waals surface area (Å²) in [5.41, 5.74) is 10.5. The van der Waals surface area contributed by atoms with Gasteiger partial charge in [-0.2, -0.15) is 5.10 Å². The Morgan fingerprint density at radius 1 is 1.11 bits per heavy atom. The van der Waals surface area contributed by atoms with E-state index in [1.807, 2.05) is 55.5 Å². The van der Waals surface area contributed by atoms with Crippen LogP contribution in [0.5, 0.6) is 0 Å². The maximum atomic E-state index is 14.0. The first-order valence-corrected chi connectivity index (χ1v) is 11.8. The Bertz CT molecular complexity index is 1740. The number of aromatic nitrogens is 5. The van der Waals surface area contributed by atoms with E-state index in [2.05, 4.69) is 33.8 Å². The molecule has 0 saturated carbocycles. The number of rotatable bonds is 4. The Morgan fingerprint density at radius 3 is 2.69 bits per heavy atom. The van der Waals surface area contributed by atoms with Gasteiger partial charge in [-0.3, -0.25) is 9.36 Å². The number of benzene rings is 2. The third-order valence-corrected chi connectivity index (χ3v) is 6.21. The van der Waals surface area contributed by atoms with Gasteiger partial charge in [0.25, 0.3) is 5.56 Å². The van der Waals surface area contributed by atoms with Gasteiger partial charge >= 0.3 is 0 Å². The zero-order valence-electron chi connectivity index (χ0n) is 20.4. The molecule has 0 spiro atoms. The van der Waals surface area contributed by atoms with E-state index in [1.54, 1.807) is 16.2 Å². The van der Waals surface area contributed by atoms with Crippen molar-refractivity contribution in [2.24, 2.45) is 0 Å². The van der Waals surface area contributed by atoms with Gasteiger partial charge in [0.05, 0.1) is 23.0 Å². The molecule has 0 unspecified atom stereocenters. The molecule has 0 fully saturated rings. The number of aliphatic hydroxyl groups is 1. The molecule has 3 heterocycles. The van der Waals surface area contributed by atoms with Crippen molar-refractivity contribution in [1.29, 1.82) is 0 Å². The van der Waals surface area contributed by atoms with Crippen molar-refractivity contribution in [2.45, 2.75) is 39.8 Å². The fourth-order valence-corrected chi connectivity index (χ4v) is 4.55. The van der Waals surface area contributed by atoms with Crippen molar-refractivity contribution in [3.05, 3.63) is 87.7 Å². The number of nitrogens with two attached hydrogens (primary N) is 1. The van der Waals surface area contributed by atoms with E-state index in [1.165, 1.54) is 6.33 Å². The number of nitrogens with zero attached hydrogens (tertiary/aromatic N) is 5. The fraction of sp³-hybridized carbons (Fsp3) is 0.214. The van der Waals surface area contributed by atoms with E-state index in [-0.39, 0.29) is 17.9 Å². The predicted molar refractivity (Wildman–Crippen MR) is 141 cm³/mol. The molecule has 5 rings (SSSR count).